The fourth-order valence-corrected chi connectivity index (χ4v) is 3.02. The van der Waals surface area contributed by atoms with E-state index in [0.29, 0.717) is 35.3 Å². The molecule has 5 nitrogen and oxygen atoms in total. The first-order chi connectivity index (χ1) is 12.1. The molecule has 6 heteroatoms. The van der Waals surface area contributed by atoms with Gasteiger partial charge >= 0.3 is 0 Å². The summed E-state index contributed by atoms with van der Waals surface area (Å²) in [5, 5.41) is 4.34. The Hall–Kier alpha value is -2.50. The van der Waals surface area contributed by atoms with Gasteiger partial charge < -0.3 is 19.4 Å². The first-order valence-corrected chi connectivity index (χ1v) is 8.24. The highest BCUT2D eigenvalue weighted by Crippen LogP contribution is 2.28. The quantitative estimate of drug-likeness (QED) is 0.718. The van der Waals surface area contributed by atoms with Gasteiger partial charge in [0.25, 0.3) is 5.91 Å². The highest BCUT2D eigenvalue weighted by Gasteiger charge is 2.16. The van der Waals surface area contributed by atoms with E-state index in [1.807, 2.05) is 34.9 Å². The topological polar surface area (TPSA) is 52.5 Å². The predicted molar refractivity (Wildman–Crippen MR) is 99.8 cm³/mol. The van der Waals surface area contributed by atoms with Crippen LogP contribution in [0, 0.1) is 0 Å². The Kier molecular flexibility index (Phi) is 5.26. The molecule has 3 rings (SSSR count). The number of rotatable bonds is 6. The van der Waals surface area contributed by atoms with E-state index in [1.54, 1.807) is 32.4 Å². The number of carbonyl (C=O) groups excluding carboxylic acids is 1. The van der Waals surface area contributed by atoms with Crippen molar-refractivity contribution in [2.24, 2.45) is 0 Å². The molecule has 25 heavy (non-hydrogen) atoms. The van der Waals surface area contributed by atoms with E-state index in [0.717, 1.165) is 10.9 Å². The third-order valence-corrected chi connectivity index (χ3v) is 4.27. The SMILES string of the molecule is COCCn1c(C(=O)Nc2ccc(OC)c(Cl)c2)cc2ccccc21. The number of nitrogens with zero attached hydrogens (tertiary/aromatic N) is 1. The number of methoxy groups -OCH3 is 2. The van der Waals surface area contributed by atoms with E-state index in [9.17, 15) is 4.79 Å². The molecule has 2 aromatic carbocycles. The van der Waals surface area contributed by atoms with E-state index >= 15 is 0 Å². The molecule has 0 saturated heterocycles. The average Bonchev–Trinajstić information content (AvgIpc) is 2.99. The zero-order valence-electron chi connectivity index (χ0n) is 14.1. The number of hydrogen-bond donors (Lipinski definition) is 1. The monoisotopic (exact) mass is 358 g/mol. The van der Waals surface area contributed by atoms with Crippen LogP contribution in [0.15, 0.2) is 48.5 Å². The van der Waals surface area contributed by atoms with Crippen LogP contribution in [0.1, 0.15) is 10.5 Å². The van der Waals surface area contributed by atoms with Crippen molar-refractivity contribution in [2.75, 3.05) is 26.1 Å². The first kappa shape index (κ1) is 17.3. The minimum atomic E-state index is -0.200. The zero-order chi connectivity index (χ0) is 17.8. The highest BCUT2D eigenvalue weighted by atomic mass is 35.5. The van der Waals surface area contributed by atoms with Crippen LogP contribution < -0.4 is 10.1 Å². The Morgan fingerprint density at radius 1 is 1.16 bits per heavy atom. The number of amides is 1. The molecule has 0 radical (unpaired) electrons. The normalized spacial score (nSPS) is 10.8. The van der Waals surface area contributed by atoms with Crippen LogP contribution in [0.25, 0.3) is 10.9 Å². The maximum atomic E-state index is 12.8. The summed E-state index contributed by atoms with van der Waals surface area (Å²) in [6.07, 6.45) is 0. The number of carbonyl (C=O) groups is 1. The van der Waals surface area contributed by atoms with Crippen LogP contribution in [0.5, 0.6) is 5.75 Å². The molecule has 0 fully saturated rings. The second-order valence-electron chi connectivity index (χ2n) is 5.54. The zero-order valence-corrected chi connectivity index (χ0v) is 14.8. The predicted octanol–water partition coefficient (Wildman–Crippen LogP) is 4.20. The molecule has 0 atom stereocenters. The number of fused-ring (bicyclic) bond motifs is 1. The van der Waals surface area contributed by atoms with Crippen LogP contribution in [0.2, 0.25) is 5.02 Å². The molecule has 0 saturated carbocycles. The third kappa shape index (κ3) is 3.62. The first-order valence-electron chi connectivity index (χ1n) is 7.86. The molecule has 1 heterocycles. The van der Waals surface area contributed by atoms with Gasteiger partial charge in [-0.3, -0.25) is 4.79 Å². The van der Waals surface area contributed by atoms with Gasteiger partial charge in [-0.25, -0.2) is 0 Å². The molecular formula is C19H19ClN2O3. The lowest BCUT2D eigenvalue weighted by Crippen LogP contribution is -2.18. The molecular weight excluding hydrogens is 340 g/mol. The van der Waals surface area contributed by atoms with Gasteiger partial charge in [0.15, 0.2) is 0 Å². The van der Waals surface area contributed by atoms with Gasteiger partial charge in [0, 0.05) is 30.2 Å². The summed E-state index contributed by atoms with van der Waals surface area (Å²) in [6, 6.07) is 14.9. The van der Waals surface area contributed by atoms with Crippen molar-refractivity contribution in [1.82, 2.24) is 4.57 Å². The van der Waals surface area contributed by atoms with Gasteiger partial charge in [-0.1, -0.05) is 29.8 Å². The van der Waals surface area contributed by atoms with Crippen LogP contribution >= 0.6 is 11.6 Å². The molecule has 0 spiro atoms. The van der Waals surface area contributed by atoms with Crippen molar-refractivity contribution in [1.29, 1.82) is 0 Å². The summed E-state index contributed by atoms with van der Waals surface area (Å²) < 4.78 is 12.3. The molecule has 1 aromatic heterocycles. The fourth-order valence-electron chi connectivity index (χ4n) is 2.76. The molecule has 0 aliphatic rings. The minimum Gasteiger partial charge on any atom is -0.495 e. The number of benzene rings is 2. The maximum absolute atomic E-state index is 12.8. The van der Waals surface area contributed by atoms with Gasteiger partial charge in [-0.2, -0.15) is 0 Å². The molecule has 1 N–H and O–H groups in total. The van der Waals surface area contributed by atoms with E-state index in [2.05, 4.69) is 5.32 Å². The van der Waals surface area contributed by atoms with E-state index < -0.39 is 0 Å². The van der Waals surface area contributed by atoms with Crippen LogP contribution in [-0.4, -0.2) is 31.3 Å². The maximum Gasteiger partial charge on any atom is 0.272 e. The van der Waals surface area contributed by atoms with Crippen molar-refractivity contribution < 1.29 is 14.3 Å². The van der Waals surface area contributed by atoms with E-state index in [1.165, 1.54) is 0 Å². The van der Waals surface area contributed by atoms with Crippen molar-refractivity contribution in [2.45, 2.75) is 6.54 Å². The molecule has 3 aromatic rings. The van der Waals surface area contributed by atoms with Gasteiger partial charge in [0.1, 0.15) is 11.4 Å². The summed E-state index contributed by atoms with van der Waals surface area (Å²) in [5.41, 5.74) is 2.18. The molecule has 0 aliphatic carbocycles. The van der Waals surface area contributed by atoms with Gasteiger partial charge in [-0.05, 0) is 30.3 Å². The number of halogens is 1. The van der Waals surface area contributed by atoms with E-state index in [-0.39, 0.29) is 5.91 Å². The second kappa shape index (κ2) is 7.59. The van der Waals surface area contributed by atoms with Crippen molar-refractivity contribution in [3.63, 3.8) is 0 Å². The van der Waals surface area contributed by atoms with Crippen molar-refractivity contribution >= 4 is 34.1 Å². The molecule has 130 valence electrons. The Morgan fingerprint density at radius 2 is 1.96 bits per heavy atom. The average molecular weight is 359 g/mol. The van der Waals surface area contributed by atoms with Crippen LogP contribution in [0.3, 0.4) is 0 Å². The Bertz CT molecular complexity index is 905. The van der Waals surface area contributed by atoms with Gasteiger partial charge in [0.2, 0.25) is 0 Å². The van der Waals surface area contributed by atoms with Crippen molar-refractivity contribution in [3.8, 4) is 5.75 Å². The largest absolute Gasteiger partial charge is 0.495 e. The lowest BCUT2D eigenvalue weighted by molar-refractivity contribution is 0.101. The number of para-hydroxylation sites is 1. The minimum absolute atomic E-state index is 0.200. The number of anilines is 1. The lowest BCUT2D eigenvalue weighted by atomic mass is 10.2. The summed E-state index contributed by atoms with van der Waals surface area (Å²) in [5.74, 6) is 0.363. The summed E-state index contributed by atoms with van der Waals surface area (Å²) in [6.45, 7) is 1.11. The van der Waals surface area contributed by atoms with Crippen LogP contribution in [-0.2, 0) is 11.3 Å². The number of ether oxygens (including phenoxy) is 2. The Labute approximate surface area is 151 Å². The molecule has 0 unspecified atom stereocenters. The third-order valence-electron chi connectivity index (χ3n) is 3.97. The smallest absolute Gasteiger partial charge is 0.272 e. The second-order valence-corrected chi connectivity index (χ2v) is 5.94. The Morgan fingerprint density at radius 3 is 2.68 bits per heavy atom. The molecule has 0 aliphatic heterocycles. The molecule has 1 amide bonds. The standard InChI is InChI=1S/C19H19ClN2O3/c1-24-10-9-22-16-6-4-3-5-13(16)11-17(22)19(23)21-14-7-8-18(25-2)15(20)12-14/h3-8,11-12H,9-10H2,1-2H3,(H,21,23). The number of nitrogens with one attached hydrogen (secondary N) is 1. The molecule has 0 bridgehead atoms. The van der Waals surface area contributed by atoms with Gasteiger partial charge in [-0.15, -0.1) is 0 Å². The Balaban J connectivity index is 1.92. The summed E-state index contributed by atoms with van der Waals surface area (Å²) >= 11 is 6.12. The highest BCUT2D eigenvalue weighted by molar-refractivity contribution is 6.32. The summed E-state index contributed by atoms with van der Waals surface area (Å²) in [7, 11) is 3.19. The van der Waals surface area contributed by atoms with Crippen LogP contribution in [0.4, 0.5) is 5.69 Å². The van der Waals surface area contributed by atoms with E-state index in [4.69, 9.17) is 21.1 Å². The fraction of sp³-hybridized carbons (Fsp3) is 0.211. The number of aromatic nitrogens is 1. The number of hydrogen-bond acceptors (Lipinski definition) is 3. The lowest BCUT2D eigenvalue weighted by Gasteiger charge is -2.11. The van der Waals surface area contributed by atoms with Gasteiger partial charge in [0.05, 0.1) is 18.7 Å². The summed E-state index contributed by atoms with van der Waals surface area (Å²) in [4.78, 5) is 12.8. The van der Waals surface area contributed by atoms with Crippen molar-refractivity contribution in [3.05, 3.63) is 59.2 Å².